The van der Waals surface area contributed by atoms with E-state index in [4.69, 9.17) is 4.74 Å². The summed E-state index contributed by atoms with van der Waals surface area (Å²) in [5, 5.41) is 5.27. The number of hydrogen-bond acceptors (Lipinski definition) is 5. The number of carbonyl (C=O) groups excluding carboxylic acids is 2. The molecule has 3 amide bonds. The number of alkyl halides is 3. The maximum atomic E-state index is 12.9. The van der Waals surface area contributed by atoms with Crippen molar-refractivity contribution in [3.05, 3.63) is 65.7 Å². The van der Waals surface area contributed by atoms with Crippen molar-refractivity contribution < 1.29 is 35.9 Å². The van der Waals surface area contributed by atoms with Crippen molar-refractivity contribution >= 4 is 22.0 Å². The van der Waals surface area contributed by atoms with E-state index in [9.17, 15) is 31.2 Å². The lowest BCUT2D eigenvalue weighted by Gasteiger charge is -2.41. The Balaban J connectivity index is 1.69. The quantitative estimate of drug-likeness (QED) is 0.525. The molecule has 2 aromatic carbocycles. The summed E-state index contributed by atoms with van der Waals surface area (Å²) in [4.78, 5) is 24.7. The van der Waals surface area contributed by atoms with Crippen molar-refractivity contribution in [3.8, 4) is 5.75 Å². The van der Waals surface area contributed by atoms with Crippen LogP contribution in [0, 0.1) is 0 Å². The van der Waals surface area contributed by atoms with Crippen LogP contribution in [0.5, 0.6) is 5.75 Å². The molecule has 1 aliphatic carbocycles. The van der Waals surface area contributed by atoms with Crippen LogP contribution in [0.1, 0.15) is 41.6 Å². The van der Waals surface area contributed by atoms with Crippen LogP contribution in [-0.2, 0) is 15.4 Å². The zero-order chi connectivity index (χ0) is 25.7. The van der Waals surface area contributed by atoms with Gasteiger partial charge in [0.05, 0.1) is 12.7 Å². The first-order valence-corrected chi connectivity index (χ1v) is 12.3. The van der Waals surface area contributed by atoms with Gasteiger partial charge in [-0.05, 0) is 43.4 Å². The lowest BCUT2D eigenvalue weighted by Crippen LogP contribution is -2.51. The first-order valence-electron chi connectivity index (χ1n) is 10.8. The van der Waals surface area contributed by atoms with Crippen LogP contribution in [0.4, 0.5) is 18.0 Å². The number of rotatable bonds is 7. The number of para-hydroxylation sites is 1. The lowest BCUT2D eigenvalue weighted by atomic mass is 9.68. The van der Waals surface area contributed by atoms with Gasteiger partial charge in [-0.15, -0.1) is 0 Å². The van der Waals surface area contributed by atoms with Crippen molar-refractivity contribution in [1.82, 2.24) is 15.4 Å². The monoisotopic (exact) mass is 513 g/mol. The molecule has 1 saturated carbocycles. The molecule has 12 heteroatoms. The summed E-state index contributed by atoms with van der Waals surface area (Å²) < 4.78 is 66.1. The fourth-order valence-electron chi connectivity index (χ4n) is 4.25. The number of halogens is 3. The topological polar surface area (TPSA) is 114 Å². The molecular formula is C23H26F3N3O5S. The van der Waals surface area contributed by atoms with Gasteiger partial charge in [0.25, 0.3) is 5.91 Å². The molecule has 3 N–H and O–H groups in total. The van der Waals surface area contributed by atoms with E-state index in [-0.39, 0.29) is 12.5 Å². The zero-order valence-electron chi connectivity index (χ0n) is 18.9. The molecule has 35 heavy (non-hydrogen) atoms. The van der Waals surface area contributed by atoms with Crippen LogP contribution in [0.3, 0.4) is 0 Å². The van der Waals surface area contributed by atoms with Crippen molar-refractivity contribution in [2.45, 2.75) is 42.6 Å². The van der Waals surface area contributed by atoms with E-state index in [1.165, 1.54) is 7.11 Å². The number of methoxy groups -OCH3 is 1. The second-order valence-electron chi connectivity index (χ2n) is 8.33. The van der Waals surface area contributed by atoms with Gasteiger partial charge < -0.3 is 15.4 Å². The molecule has 1 fully saturated rings. The molecule has 0 aliphatic heterocycles. The predicted octanol–water partition coefficient (Wildman–Crippen LogP) is 3.45. The van der Waals surface area contributed by atoms with Crippen molar-refractivity contribution in [2.24, 2.45) is 0 Å². The number of sulfonamides is 1. The summed E-state index contributed by atoms with van der Waals surface area (Å²) in [6.45, 7) is 0.287. The fourth-order valence-corrected chi connectivity index (χ4v) is 4.66. The first kappa shape index (κ1) is 26.3. The summed E-state index contributed by atoms with van der Waals surface area (Å²) in [5.74, 6) is 0.126. The minimum absolute atomic E-state index is 0.287. The highest BCUT2D eigenvalue weighted by Gasteiger charge is 2.47. The summed E-state index contributed by atoms with van der Waals surface area (Å²) in [5.41, 5.74) is -4.70. The van der Waals surface area contributed by atoms with Crippen molar-refractivity contribution in [1.29, 1.82) is 0 Å². The third-order valence-electron chi connectivity index (χ3n) is 6.13. The number of carbonyl (C=O) groups is 2. The first-order chi connectivity index (χ1) is 16.5. The maximum Gasteiger partial charge on any atom is 0.516 e. The van der Waals surface area contributed by atoms with Gasteiger partial charge >= 0.3 is 21.6 Å². The summed E-state index contributed by atoms with van der Waals surface area (Å²) in [6, 6.07) is 14.3. The van der Waals surface area contributed by atoms with Crippen LogP contribution < -0.4 is 20.1 Å². The number of ether oxygens (including phenoxy) is 1. The van der Waals surface area contributed by atoms with Gasteiger partial charge in [-0.2, -0.15) is 21.6 Å². The van der Waals surface area contributed by atoms with Crippen LogP contribution in [-0.4, -0.2) is 45.6 Å². The third-order valence-corrected chi connectivity index (χ3v) is 7.20. The van der Waals surface area contributed by atoms with Crippen LogP contribution in [0.2, 0.25) is 0 Å². The van der Waals surface area contributed by atoms with Gasteiger partial charge in [-0.25, -0.2) is 9.52 Å². The number of hydrogen-bond donors (Lipinski definition) is 3. The average Bonchev–Trinajstić information content (AvgIpc) is 2.83. The molecule has 0 aromatic heterocycles. The number of benzene rings is 2. The normalized spacial score (nSPS) is 20.5. The Bertz CT molecular complexity index is 1150. The predicted molar refractivity (Wildman–Crippen MR) is 122 cm³/mol. The van der Waals surface area contributed by atoms with Gasteiger partial charge in [0.1, 0.15) is 5.75 Å². The van der Waals surface area contributed by atoms with Crippen LogP contribution in [0.15, 0.2) is 54.6 Å². The second kappa shape index (κ2) is 10.5. The standard InChI is InChI=1S/C23H26F3N3O5S/c1-34-19-10-6-5-9-18(19)20(30)27-15-22(16-7-3-2-4-8-16)13-11-17(12-14-22)28-21(31)29-35(32,33)23(24,25)26/h2-10,17H,11-15H2,1H3,(H,27,30)(H2,28,29,31)/t17-,22-. The molecule has 0 spiro atoms. The van der Waals surface area contributed by atoms with Gasteiger partial charge in [-0.1, -0.05) is 42.5 Å². The third kappa shape index (κ3) is 6.24. The van der Waals surface area contributed by atoms with Crippen LogP contribution >= 0.6 is 0 Å². The minimum atomic E-state index is -5.78. The maximum absolute atomic E-state index is 12.9. The Kier molecular flexibility index (Phi) is 7.93. The van der Waals surface area contributed by atoms with E-state index in [2.05, 4.69) is 10.6 Å². The molecule has 1 aliphatic rings. The Hall–Kier alpha value is -3.28. The zero-order valence-corrected chi connectivity index (χ0v) is 19.7. The van der Waals surface area contributed by atoms with Gasteiger partial charge in [0.15, 0.2) is 0 Å². The van der Waals surface area contributed by atoms with Gasteiger partial charge in [0.2, 0.25) is 0 Å². The van der Waals surface area contributed by atoms with Crippen molar-refractivity contribution in [2.75, 3.05) is 13.7 Å². The summed E-state index contributed by atoms with van der Waals surface area (Å²) >= 11 is 0. The fraction of sp³-hybridized carbons (Fsp3) is 0.391. The summed E-state index contributed by atoms with van der Waals surface area (Å²) in [6.07, 6.45) is 1.75. The average molecular weight is 514 g/mol. The van der Waals surface area contributed by atoms with Gasteiger partial charge in [-0.3, -0.25) is 4.79 Å². The Labute approximate surface area is 201 Å². The van der Waals surface area contributed by atoms with E-state index < -0.39 is 33.0 Å². The molecule has 0 atom stereocenters. The van der Waals surface area contributed by atoms with E-state index in [1.54, 1.807) is 24.3 Å². The minimum Gasteiger partial charge on any atom is -0.496 e. The molecule has 0 heterocycles. The number of nitrogens with one attached hydrogen (secondary N) is 3. The Morgan fingerprint density at radius 3 is 2.23 bits per heavy atom. The number of urea groups is 1. The molecule has 0 unspecified atom stereocenters. The van der Waals surface area contributed by atoms with E-state index in [0.717, 1.165) is 10.3 Å². The van der Waals surface area contributed by atoms with E-state index in [0.29, 0.717) is 37.0 Å². The SMILES string of the molecule is COc1ccccc1C(=O)NC[C@]1(c2ccccc2)CC[C@H](NC(=O)NS(=O)(=O)C(F)(F)F)CC1. The molecule has 0 bridgehead atoms. The molecule has 0 saturated heterocycles. The molecule has 3 rings (SSSR count). The Morgan fingerprint density at radius 1 is 1.03 bits per heavy atom. The molecule has 2 aromatic rings. The molecule has 8 nitrogen and oxygen atoms in total. The summed E-state index contributed by atoms with van der Waals surface area (Å²) in [7, 11) is -4.31. The highest BCUT2D eigenvalue weighted by atomic mass is 32.2. The highest BCUT2D eigenvalue weighted by molar-refractivity contribution is 7.90. The smallest absolute Gasteiger partial charge is 0.496 e. The van der Waals surface area contributed by atoms with E-state index >= 15 is 0 Å². The molecular weight excluding hydrogens is 487 g/mol. The second-order valence-corrected chi connectivity index (χ2v) is 10.0. The molecule has 190 valence electrons. The van der Waals surface area contributed by atoms with Gasteiger partial charge in [0, 0.05) is 18.0 Å². The van der Waals surface area contributed by atoms with E-state index in [1.807, 2.05) is 30.3 Å². The number of amides is 3. The Morgan fingerprint density at radius 2 is 1.63 bits per heavy atom. The largest absolute Gasteiger partial charge is 0.516 e. The molecule has 0 radical (unpaired) electrons. The van der Waals surface area contributed by atoms with Crippen molar-refractivity contribution in [3.63, 3.8) is 0 Å². The lowest BCUT2D eigenvalue weighted by molar-refractivity contribution is -0.0444. The van der Waals surface area contributed by atoms with Crippen LogP contribution in [0.25, 0.3) is 0 Å². The highest BCUT2D eigenvalue weighted by Crippen LogP contribution is 2.39.